The minimum atomic E-state index is 0.987. The predicted octanol–water partition coefficient (Wildman–Crippen LogP) is 6.17. The second kappa shape index (κ2) is 7.99. The van der Waals surface area contributed by atoms with Crippen LogP contribution in [0, 0.1) is 0 Å². The molecule has 0 radical (unpaired) electrons. The Morgan fingerprint density at radius 2 is 1.62 bits per heavy atom. The maximum Gasteiger partial charge on any atom is 0.0941 e. The normalized spacial score (nSPS) is 14.8. The third kappa shape index (κ3) is 3.65. The van der Waals surface area contributed by atoms with Gasteiger partial charge in [-0.25, -0.2) is 0 Å². The van der Waals surface area contributed by atoms with Gasteiger partial charge in [-0.2, -0.15) is 0 Å². The molecule has 0 amide bonds. The first kappa shape index (κ1) is 17.2. The molecule has 0 saturated carbocycles. The highest BCUT2D eigenvalue weighted by atomic mass is 15.3. The molecule has 0 fully saturated rings. The molecule has 1 aliphatic carbocycles. The lowest BCUT2D eigenvalue weighted by Gasteiger charge is -2.22. The van der Waals surface area contributed by atoms with Crippen molar-refractivity contribution in [3.8, 4) is 11.1 Å². The van der Waals surface area contributed by atoms with Crippen LogP contribution in [0.1, 0.15) is 56.6 Å². The summed E-state index contributed by atoms with van der Waals surface area (Å²) in [5.41, 5.74) is 7.07. The van der Waals surface area contributed by atoms with Gasteiger partial charge in [-0.15, -0.1) is 0 Å². The number of anilines is 1. The second-order valence-corrected chi connectivity index (χ2v) is 7.66. The number of unbranched alkanes of at least 4 members (excludes halogenated alkanes) is 5. The molecule has 1 aliphatic heterocycles. The molecule has 2 aromatic rings. The molecule has 0 unspecified atom stereocenters. The van der Waals surface area contributed by atoms with Crippen molar-refractivity contribution in [1.29, 1.82) is 0 Å². The van der Waals surface area contributed by atoms with Crippen LogP contribution in [-0.4, -0.2) is 18.1 Å². The average Bonchev–Trinajstić information content (AvgIpc) is 3.28. The molecule has 136 valence electrons. The van der Waals surface area contributed by atoms with E-state index in [9.17, 15) is 0 Å². The summed E-state index contributed by atoms with van der Waals surface area (Å²) >= 11 is 0. The van der Waals surface area contributed by atoms with Crippen LogP contribution in [-0.2, 0) is 6.42 Å². The summed E-state index contributed by atoms with van der Waals surface area (Å²) in [5, 5.41) is 0. The van der Waals surface area contributed by atoms with Crippen LogP contribution in [0.4, 0.5) is 5.69 Å². The van der Waals surface area contributed by atoms with Crippen molar-refractivity contribution in [3.05, 3.63) is 66.0 Å². The summed E-state index contributed by atoms with van der Waals surface area (Å²) in [7, 11) is 0. The lowest BCUT2D eigenvalue weighted by atomic mass is 10.1. The van der Waals surface area contributed by atoms with Crippen molar-refractivity contribution < 1.29 is 0 Å². The largest absolute Gasteiger partial charge is 0.358 e. The van der Waals surface area contributed by atoms with Gasteiger partial charge in [0.2, 0.25) is 0 Å². The van der Waals surface area contributed by atoms with Gasteiger partial charge in [0.05, 0.1) is 6.67 Å². The number of benzene rings is 2. The quantitative estimate of drug-likeness (QED) is 0.450. The molecule has 0 spiro atoms. The van der Waals surface area contributed by atoms with Gasteiger partial charge >= 0.3 is 0 Å². The Hall–Kier alpha value is -2.22. The van der Waals surface area contributed by atoms with Crippen LogP contribution in [0.15, 0.2) is 54.9 Å². The van der Waals surface area contributed by atoms with Gasteiger partial charge in [-0.3, -0.25) is 0 Å². The number of hydrogen-bond donors (Lipinski definition) is 0. The van der Waals surface area contributed by atoms with Crippen molar-refractivity contribution in [2.45, 2.75) is 51.9 Å². The molecular formula is C24H30N2. The molecule has 2 aromatic carbocycles. The number of nitrogens with zero attached hydrogens (tertiary/aromatic N) is 2. The van der Waals surface area contributed by atoms with E-state index in [4.69, 9.17) is 0 Å². The first-order valence-corrected chi connectivity index (χ1v) is 10.3. The molecule has 2 nitrogen and oxygen atoms in total. The van der Waals surface area contributed by atoms with Gasteiger partial charge in [0.1, 0.15) is 0 Å². The molecule has 0 atom stereocenters. The zero-order valence-electron chi connectivity index (χ0n) is 16.0. The molecule has 2 aliphatic rings. The fourth-order valence-electron chi connectivity index (χ4n) is 4.18. The Morgan fingerprint density at radius 3 is 2.54 bits per heavy atom. The molecule has 0 N–H and O–H groups in total. The van der Waals surface area contributed by atoms with Gasteiger partial charge in [-0.05, 0) is 47.2 Å². The van der Waals surface area contributed by atoms with Crippen molar-refractivity contribution in [3.63, 3.8) is 0 Å². The maximum absolute atomic E-state index is 2.45. The second-order valence-electron chi connectivity index (χ2n) is 7.66. The van der Waals surface area contributed by atoms with Crippen LogP contribution < -0.4 is 4.90 Å². The fourth-order valence-corrected chi connectivity index (χ4v) is 4.18. The highest BCUT2D eigenvalue weighted by Crippen LogP contribution is 2.38. The molecular weight excluding hydrogens is 316 g/mol. The molecule has 2 heteroatoms. The van der Waals surface area contributed by atoms with Crippen molar-refractivity contribution >= 4 is 5.69 Å². The summed E-state index contributed by atoms with van der Waals surface area (Å²) < 4.78 is 0. The van der Waals surface area contributed by atoms with Crippen LogP contribution in [0.2, 0.25) is 0 Å². The summed E-state index contributed by atoms with van der Waals surface area (Å²) in [6.07, 6.45) is 13.7. The molecule has 4 rings (SSSR count). The maximum atomic E-state index is 2.45. The van der Waals surface area contributed by atoms with Crippen LogP contribution in [0.3, 0.4) is 0 Å². The molecule has 0 saturated heterocycles. The van der Waals surface area contributed by atoms with E-state index in [-0.39, 0.29) is 0 Å². The Kier molecular flexibility index (Phi) is 5.29. The zero-order chi connectivity index (χ0) is 17.8. The third-order valence-electron chi connectivity index (χ3n) is 5.70. The van der Waals surface area contributed by atoms with Gasteiger partial charge in [0.25, 0.3) is 0 Å². The van der Waals surface area contributed by atoms with Crippen molar-refractivity contribution in [2.75, 3.05) is 18.1 Å². The van der Waals surface area contributed by atoms with Gasteiger partial charge < -0.3 is 9.80 Å². The van der Waals surface area contributed by atoms with Gasteiger partial charge in [0.15, 0.2) is 0 Å². The van der Waals surface area contributed by atoms with E-state index in [1.807, 2.05) is 0 Å². The number of fused-ring (bicyclic) bond motifs is 3. The third-order valence-corrected chi connectivity index (χ3v) is 5.70. The molecule has 26 heavy (non-hydrogen) atoms. The minimum Gasteiger partial charge on any atom is -0.358 e. The molecule has 1 heterocycles. The lowest BCUT2D eigenvalue weighted by Crippen LogP contribution is -2.25. The standard InChI is InChI=1S/C24H30N2/c1-2-3-4-5-6-9-14-25-15-16-26(19-25)22-12-13-24-21(18-22)17-20-10-7-8-11-23(20)24/h7-8,10-13,15-16,18H,2-6,9,14,17,19H2,1H3. The van der Waals surface area contributed by atoms with E-state index in [0.717, 1.165) is 13.1 Å². The Bertz CT molecular complexity index is 778. The van der Waals surface area contributed by atoms with Crippen molar-refractivity contribution in [1.82, 2.24) is 4.90 Å². The monoisotopic (exact) mass is 346 g/mol. The zero-order valence-corrected chi connectivity index (χ0v) is 16.0. The number of hydrogen-bond acceptors (Lipinski definition) is 2. The van der Waals surface area contributed by atoms with E-state index in [1.165, 1.54) is 73.0 Å². The minimum absolute atomic E-state index is 0.987. The summed E-state index contributed by atoms with van der Waals surface area (Å²) in [6.45, 7) is 4.44. The fraction of sp³-hybridized carbons (Fsp3) is 0.417. The van der Waals surface area contributed by atoms with E-state index in [1.54, 1.807) is 0 Å². The van der Waals surface area contributed by atoms with E-state index >= 15 is 0 Å². The molecule has 0 bridgehead atoms. The first-order valence-electron chi connectivity index (χ1n) is 10.3. The topological polar surface area (TPSA) is 6.48 Å². The highest BCUT2D eigenvalue weighted by molar-refractivity contribution is 5.78. The van der Waals surface area contributed by atoms with Crippen LogP contribution >= 0.6 is 0 Å². The van der Waals surface area contributed by atoms with E-state index in [2.05, 4.69) is 71.6 Å². The number of rotatable bonds is 8. The van der Waals surface area contributed by atoms with Crippen molar-refractivity contribution in [2.24, 2.45) is 0 Å². The summed E-state index contributed by atoms with van der Waals surface area (Å²) in [5.74, 6) is 0. The Morgan fingerprint density at radius 1 is 0.808 bits per heavy atom. The average molecular weight is 347 g/mol. The van der Waals surface area contributed by atoms with E-state index in [0.29, 0.717) is 0 Å². The van der Waals surface area contributed by atoms with Gasteiger partial charge in [0, 0.05) is 24.6 Å². The van der Waals surface area contributed by atoms with Crippen LogP contribution in [0.5, 0.6) is 0 Å². The Labute approximate surface area is 158 Å². The van der Waals surface area contributed by atoms with E-state index < -0.39 is 0 Å². The lowest BCUT2D eigenvalue weighted by molar-refractivity contribution is 0.388. The van der Waals surface area contributed by atoms with Crippen LogP contribution in [0.25, 0.3) is 11.1 Å². The van der Waals surface area contributed by atoms with Gasteiger partial charge in [-0.1, -0.05) is 69.4 Å². The SMILES string of the molecule is CCCCCCCCN1C=CN(c2ccc3c(c2)Cc2ccccc2-3)C1. The Balaban J connectivity index is 1.31. The summed E-state index contributed by atoms with van der Waals surface area (Å²) in [4.78, 5) is 4.82. The summed E-state index contributed by atoms with van der Waals surface area (Å²) in [6, 6.07) is 15.8. The smallest absolute Gasteiger partial charge is 0.0941 e. The predicted molar refractivity (Wildman–Crippen MR) is 111 cm³/mol. The molecule has 0 aromatic heterocycles. The first-order chi connectivity index (χ1) is 12.8. The highest BCUT2D eigenvalue weighted by Gasteiger charge is 2.20.